The van der Waals surface area contributed by atoms with Crippen LogP contribution in [0.15, 0.2) is 66.9 Å². The maximum Gasteiger partial charge on any atom is 0.255 e. The zero-order chi connectivity index (χ0) is 19.2. The minimum absolute atomic E-state index is 0.190. The predicted octanol–water partition coefficient (Wildman–Crippen LogP) is 5.21. The smallest absolute Gasteiger partial charge is 0.255 e. The lowest BCUT2D eigenvalue weighted by Gasteiger charge is -2.10. The Morgan fingerprint density at radius 2 is 1.59 bits per heavy atom. The van der Waals surface area contributed by atoms with E-state index in [0.717, 1.165) is 11.5 Å². The third-order valence-electron chi connectivity index (χ3n) is 4.22. The fourth-order valence-electron chi connectivity index (χ4n) is 2.59. The number of hydrogen-bond acceptors (Lipinski definition) is 4. The van der Waals surface area contributed by atoms with E-state index < -0.39 is 0 Å². The molecular formula is C22H23N3O2. The molecule has 3 rings (SSSR count). The van der Waals surface area contributed by atoms with Crippen molar-refractivity contribution >= 4 is 23.1 Å². The van der Waals surface area contributed by atoms with E-state index in [1.54, 1.807) is 37.6 Å². The number of aromatic nitrogens is 1. The molecule has 2 N–H and O–H groups in total. The van der Waals surface area contributed by atoms with Gasteiger partial charge >= 0.3 is 0 Å². The molecule has 0 atom stereocenters. The summed E-state index contributed by atoms with van der Waals surface area (Å²) in [7, 11) is 1.59. The van der Waals surface area contributed by atoms with Crippen molar-refractivity contribution in [3.05, 3.63) is 78.0 Å². The molecular weight excluding hydrogens is 338 g/mol. The van der Waals surface area contributed by atoms with E-state index in [4.69, 9.17) is 4.74 Å². The number of ether oxygens (including phenoxy) is 1. The molecule has 0 radical (unpaired) electrons. The Labute approximate surface area is 159 Å². The van der Waals surface area contributed by atoms with Gasteiger partial charge in [0.25, 0.3) is 5.91 Å². The summed E-state index contributed by atoms with van der Waals surface area (Å²) in [5, 5.41) is 6.09. The van der Waals surface area contributed by atoms with E-state index in [2.05, 4.69) is 41.6 Å². The molecule has 0 aliphatic carbocycles. The Balaban J connectivity index is 1.61. The van der Waals surface area contributed by atoms with Gasteiger partial charge in [0, 0.05) is 11.3 Å². The quantitative estimate of drug-likeness (QED) is 0.633. The molecule has 0 aliphatic rings. The molecule has 0 aliphatic heterocycles. The van der Waals surface area contributed by atoms with E-state index in [0.29, 0.717) is 22.9 Å². The SMILES string of the molecule is COc1ccc(C(=O)Nc2ccc(Nc3ccc(C(C)C)cc3)nc2)cc1. The molecule has 1 aromatic heterocycles. The molecule has 138 valence electrons. The summed E-state index contributed by atoms with van der Waals surface area (Å²) in [6.45, 7) is 4.34. The van der Waals surface area contributed by atoms with Gasteiger partial charge in [-0.3, -0.25) is 4.79 Å². The van der Waals surface area contributed by atoms with E-state index in [-0.39, 0.29) is 5.91 Å². The van der Waals surface area contributed by atoms with Gasteiger partial charge in [-0.2, -0.15) is 0 Å². The summed E-state index contributed by atoms with van der Waals surface area (Å²) >= 11 is 0. The second kappa shape index (κ2) is 8.36. The summed E-state index contributed by atoms with van der Waals surface area (Å²) < 4.78 is 5.10. The number of anilines is 3. The molecule has 2 aromatic carbocycles. The van der Waals surface area contributed by atoms with Gasteiger partial charge in [-0.25, -0.2) is 4.98 Å². The maximum atomic E-state index is 12.3. The van der Waals surface area contributed by atoms with Crippen LogP contribution in [0.2, 0.25) is 0 Å². The van der Waals surface area contributed by atoms with Gasteiger partial charge in [-0.1, -0.05) is 26.0 Å². The first-order chi connectivity index (χ1) is 13.0. The lowest BCUT2D eigenvalue weighted by atomic mass is 10.0. The first kappa shape index (κ1) is 18.5. The predicted molar refractivity (Wildman–Crippen MR) is 109 cm³/mol. The molecule has 1 heterocycles. The Bertz CT molecular complexity index is 886. The minimum Gasteiger partial charge on any atom is -0.497 e. The van der Waals surface area contributed by atoms with Crippen LogP contribution in [0, 0.1) is 0 Å². The Morgan fingerprint density at radius 1 is 0.926 bits per heavy atom. The largest absolute Gasteiger partial charge is 0.497 e. The molecule has 27 heavy (non-hydrogen) atoms. The fraction of sp³-hybridized carbons (Fsp3) is 0.182. The summed E-state index contributed by atoms with van der Waals surface area (Å²) in [6.07, 6.45) is 1.63. The van der Waals surface area contributed by atoms with Crippen LogP contribution in [0.1, 0.15) is 35.7 Å². The van der Waals surface area contributed by atoms with Gasteiger partial charge in [-0.15, -0.1) is 0 Å². The number of methoxy groups -OCH3 is 1. The van der Waals surface area contributed by atoms with Crippen LogP contribution in [-0.2, 0) is 0 Å². The Morgan fingerprint density at radius 3 is 2.15 bits per heavy atom. The number of pyridine rings is 1. The van der Waals surface area contributed by atoms with Crippen molar-refractivity contribution in [2.24, 2.45) is 0 Å². The number of nitrogens with one attached hydrogen (secondary N) is 2. The average Bonchev–Trinajstić information content (AvgIpc) is 2.70. The van der Waals surface area contributed by atoms with Gasteiger partial charge in [-0.05, 0) is 60.0 Å². The van der Waals surface area contributed by atoms with Crippen molar-refractivity contribution in [3.8, 4) is 5.75 Å². The molecule has 5 nitrogen and oxygen atoms in total. The highest BCUT2D eigenvalue weighted by Gasteiger charge is 2.07. The molecule has 0 spiro atoms. The molecule has 0 unspecified atom stereocenters. The van der Waals surface area contributed by atoms with Crippen molar-refractivity contribution in [2.75, 3.05) is 17.7 Å². The topological polar surface area (TPSA) is 63.2 Å². The maximum absolute atomic E-state index is 12.3. The molecule has 0 saturated heterocycles. The summed E-state index contributed by atoms with van der Waals surface area (Å²) in [4.78, 5) is 16.6. The van der Waals surface area contributed by atoms with Crippen molar-refractivity contribution in [1.82, 2.24) is 4.98 Å². The first-order valence-corrected chi connectivity index (χ1v) is 8.83. The number of carbonyl (C=O) groups is 1. The zero-order valence-corrected chi connectivity index (χ0v) is 15.7. The van der Waals surface area contributed by atoms with E-state index in [1.807, 2.05) is 24.3 Å². The average molecular weight is 361 g/mol. The van der Waals surface area contributed by atoms with Gasteiger partial charge in [0.05, 0.1) is 19.0 Å². The second-order valence-corrected chi connectivity index (χ2v) is 6.52. The number of amides is 1. The summed E-state index contributed by atoms with van der Waals surface area (Å²) in [5.41, 5.74) is 3.46. The zero-order valence-electron chi connectivity index (χ0n) is 15.7. The molecule has 3 aromatic rings. The molecule has 0 saturated carbocycles. The van der Waals surface area contributed by atoms with Crippen molar-refractivity contribution < 1.29 is 9.53 Å². The summed E-state index contributed by atoms with van der Waals surface area (Å²) in [6, 6.07) is 18.9. The van der Waals surface area contributed by atoms with Crippen molar-refractivity contribution in [1.29, 1.82) is 0 Å². The highest BCUT2D eigenvalue weighted by Crippen LogP contribution is 2.20. The second-order valence-electron chi connectivity index (χ2n) is 6.52. The van der Waals surface area contributed by atoms with Crippen LogP contribution in [0.25, 0.3) is 0 Å². The van der Waals surface area contributed by atoms with Gasteiger partial charge < -0.3 is 15.4 Å². The molecule has 1 amide bonds. The van der Waals surface area contributed by atoms with Crippen LogP contribution in [0.4, 0.5) is 17.2 Å². The van der Waals surface area contributed by atoms with Gasteiger partial charge in [0.1, 0.15) is 11.6 Å². The number of rotatable bonds is 6. The van der Waals surface area contributed by atoms with Crippen molar-refractivity contribution in [3.63, 3.8) is 0 Å². The lowest BCUT2D eigenvalue weighted by molar-refractivity contribution is 0.102. The first-order valence-electron chi connectivity index (χ1n) is 8.83. The third kappa shape index (κ3) is 4.85. The standard InChI is InChI=1S/C22H23N3O2/c1-15(2)16-4-8-18(9-5-16)24-21-13-10-19(14-23-21)25-22(26)17-6-11-20(27-3)12-7-17/h4-15H,1-3H3,(H,23,24)(H,25,26). The molecule has 0 fully saturated rings. The van der Waals surface area contributed by atoms with E-state index >= 15 is 0 Å². The number of hydrogen-bond donors (Lipinski definition) is 2. The highest BCUT2D eigenvalue weighted by molar-refractivity contribution is 6.04. The molecule has 5 heteroatoms. The number of nitrogens with zero attached hydrogens (tertiary/aromatic N) is 1. The van der Waals surface area contributed by atoms with Crippen molar-refractivity contribution in [2.45, 2.75) is 19.8 Å². The van der Waals surface area contributed by atoms with Crippen LogP contribution in [0.5, 0.6) is 5.75 Å². The highest BCUT2D eigenvalue weighted by atomic mass is 16.5. The van der Waals surface area contributed by atoms with E-state index in [9.17, 15) is 4.79 Å². The minimum atomic E-state index is -0.190. The van der Waals surface area contributed by atoms with Gasteiger partial charge in [0.15, 0.2) is 0 Å². The molecule has 0 bridgehead atoms. The normalized spacial score (nSPS) is 10.5. The fourth-order valence-corrected chi connectivity index (χ4v) is 2.59. The van der Waals surface area contributed by atoms with Crippen LogP contribution < -0.4 is 15.4 Å². The van der Waals surface area contributed by atoms with Crippen LogP contribution >= 0.6 is 0 Å². The summed E-state index contributed by atoms with van der Waals surface area (Å²) in [5.74, 6) is 1.75. The van der Waals surface area contributed by atoms with Crippen LogP contribution in [-0.4, -0.2) is 18.0 Å². The Kier molecular flexibility index (Phi) is 5.71. The lowest BCUT2D eigenvalue weighted by Crippen LogP contribution is -2.12. The number of carbonyl (C=O) groups excluding carboxylic acids is 1. The monoisotopic (exact) mass is 361 g/mol. The Hall–Kier alpha value is -3.34. The number of benzene rings is 2. The van der Waals surface area contributed by atoms with E-state index in [1.165, 1.54) is 5.56 Å². The van der Waals surface area contributed by atoms with Crippen LogP contribution in [0.3, 0.4) is 0 Å². The van der Waals surface area contributed by atoms with Gasteiger partial charge in [0.2, 0.25) is 0 Å². The third-order valence-corrected chi connectivity index (χ3v) is 4.22.